The van der Waals surface area contributed by atoms with Crippen LogP contribution in [-0.4, -0.2) is 12.5 Å². The number of rotatable bonds is 5. The van der Waals surface area contributed by atoms with Crippen LogP contribution >= 0.6 is 11.3 Å². The molecule has 1 heterocycles. The second-order valence-electron chi connectivity index (χ2n) is 5.43. The van der Waals surface area contributed by atoms with Gasteiger partial charge in [0.2, 0.25) is 5.91 Å². The Morgan fingerprint density at radius 1 is 1.42 bits per heavy atom. The van der Waals surface area contributed by atoms with Crippen LogP contribution in [0.25, 0.3) is 10.1 Å². The summed E-state index contributed by atoms with van der Waals surface area (Å²) in [6.45, 7) is 2.94. The number of thiophene rings is 1. The van der Waals surface area contributed by atoms with Gasteiger partial charge in [0.15, 0.2) is 0 Å². The molecule has 19 heavy (non-hydrogen) atoms. The highest BCUT2D eigenvalue weighted by Crippen LogP contribution is 2.29. The molecule has 1 saturated carbocycles. The van der Waals surface area contributed by atoms with Gasteiger partial charge >= 0.3 is 0 Å². The van der Waals surface area contributed by atoms with E-state index in [9.17, 15) is 4.79 Å². The maximum Gasteiger partial charge on any atom is 0.223 e. The fourth-order valence-corrected chi connectivity index (χ4v) is 3.35. The first-order chi connectivity index (χ1) is 9.24. The van der Waals surface area contributed by atoms with E-state index < -0.39 is 0 Å². The topological polar surface area (TPSA) is 29.1 Å². The minimum absolute atomic E-state index is 0.256. The number of hydrogen-bond acceptors (Lipinski definition) is 2. The van der Waals surface area contributed by atoms with Gasteiger partial charge in [-0.05, 0) is 55.0 Å². The standard InChI is InChI=1S/C16H19NOS/c1-11-4-7-15-14(9-11)13(10-19-15)3-2-8-17-16(18)12-5-6-12/h4,7,9-10,12H,2-3,5-6,8H2,1H3,(H,17,18). The molecule has 2 aromatic rings. The normalized spacial score (nSPS) is 14.8. The second kappa shape index (κ2) is 5.33. The zero-order chi connectivity index (χ0) is 13.2. The number of carbonyl (C=O) groups is 1. The van der Waals surface area contributed by atoms with Crippen LogP contribution in [0, 0.1) is 12.8 Å². The summed E-state index contributed by atoms with van der Waals surface area (Å²) in [5, 5.41) is 6.68. The Morgan fingerprint density at radius 3 is 3.05 bits per heavy atom. The van der Waals surface area contributed by atoms with Crippen molar-refractivity contribution in [2.75, 3.05) is 6.54 Å². The molecule has 0 spiro atoms. The van der Waals surface area contributed by atoms with E-state index in [-0.39, 0.29) is 5.91 Å². The van der Waals surface area contributed by atoms with E-state index in [4.69, 9.17) is 0 Å². The van der Waals surface area contributed by atoms with Gasteiger partial charge in [-0.1, -0.05) is 17.7 Å². The smallest absolute Gasteiger partial charge is 0.223 e. The molecule has 100 valence electrons. The van der Waals surface area contributed by atoms with Crippen molar-refractivity contribution in [3.8, 4) is 0 Å². The van der Waals surface area contributed by atoms with Gasteiger partial charge in [0.1, 0.15) is 0 Å². The summed E-state index contributed by atoms with van der Waals surface area (Å²) in [5.41, 5.74) is 2.73. The van der Waals surface area contributed by atoms with Gasteiger partial charge in [0, 0.05) is 17.2 Å². The zero-order valence-corrected chi connectivity index (χ0v) is 12.1. The highest BCUT2D eigenvalue weighted by molar-refractivity contribution is 7.17. The predicted molar refractivity (Wildman–Crippen MR) is 80.6 cm³/mol. The number of benzene rings is 1. The van der Waals surface area contributed by atoms with Gasteiger partial charge in [-0.25, -0.2) is 0 Å². The molecular weight excluding hydrogens is 254 g/mol. The van der Waals surface area contributed by atoms with Crippen LogP contribution in [0.15, 0.2) is 23.6 Å². The maximum atomic E-state index is 11.5. The minimum Gasteiger partial charge on any atom is -0.356 e. The highest BCUT2D eigenvalue weighted by atomic mass is 32.1. The van der Waals surface area contributed by atoms with Crippen molar-refractivity contribution < 1.29 is 4.79 Å². The number of fused-ring (bicyclic) bond motifs is 1. The molecule has 0 saturated heterocycles. The molecule has 1 fully saturated rings. The summed E-state index contributed by atoms with van der Waals surface area (Å²) in [6.07, 6.45) is 4.24. The van der Waals surface area contributed by atoms with Gasteiger partial charge < -0.3 is 5.32 Å². The Morgan fingerprint density at radius 2 is 2.26 bits per heavy atom. The molecule has 0 bridgehead atoms. The van der Waals surface area contributed by atoms with Crippen LogP contribution in [-0.2, 0) is 11.2 Å². The van der Waals surface area contributed by atoms with Gasteiger partial charge in [-0.15, -0.1) is 11.3 Å². The number of hydrogen-bond donors (Lipinski definition) is 1. The van der Waals surface area contributed by atoms with Crippen LogP contribution in [0.4, 0.5) is 0 Å². The molecule has 1 aromatic carbocycles. The number of carbonyl (C=O) groups excluding carboxylic acids is 1. The van der Waals surface area contributed by atoms with Crippen molar-refractivity contribution in [2.24, 2.45) is 5.92 Å². The summed E-state index contributed by atoms with van der Waals surface area (Å²) < 4.78 is 1.36. The molecule has 1 aromatic heterocycles. The molecular formula is C16H19NOS. The van der Waals surface area contributed by atoms with Crippen molar-refractivity contribution in [3.63, 3.8) is 0 Å². The lowest BCUT2D eigenvalue weighted by Gasteiger charge is -2.04. The van der Waals surface area contributed by atoms with Gasteiger partial charge in [-0.3, -0.25) is 4.79 Å². The quantitative estimate of drug-likeness (QED) is 0.827. The molecule has 1 N–H and O–H groups in total. The molecule has 3 heteroatoms. The number of amides is 1. The Kier molecular flexibility index (Phi) is 3.56. The zero-order valence-electron chi connectivity index (χ0n) is 11.2. The number of aryl methyl sites for hydroxylation is 2. The minimum atomic E-state index is 0.256. The van der Waals surface area contributed by atoms with Crippen LogP contribution in [0.2, 0.25) is 0 Å². The third-order valence-corrected chi connectivity index (χ3v) is 4.69. The maximum absolute atomic E-state index is 11.5. The molecule has 1 aliphatic carbocycles. The van der Waals surface area contributed by atoms with Crippen molar-refractivity contribution in [2.45, 2.75) is 32.6 Å². The Labute approximate surface area is 117 Å². The third kappa shape index (κ3) is 2.98. The lowest BCUT2D eigenvalue weighted by atomic mass is 10.1. The highest BCUT2D eigenvalue weighted by Gasteiger charge is 2.28. The fraction of sp³-hybridized carbons (Fsp3) is 0.438. The van der Waals surface area contributed by atoms with E-state index in [2.05, 4.69) is 35.8 Å². The summed E-state index contributed by atoms with van der Waals surface area (Å²) in [6, 6.07) is 6.64. The Hall–Kier alpha value is -1.35. The van der Waals surface area contributed by atoms with Gasteiger partial charge in [0.25, 0.3) is 0 Å². The van der Waals surface area contributed by atoms with Gasteiger partial charge in [-0.2, -0.15) is 0 Å². The molecule has 1 aliphatic rings. The van der Waals surface area contributed by atoms with E-state index in [1.807, 2.05) is 11.3 Å². The Bertz CT molecular complexity index is 598. The molecule has 0 radical (unpaired) electrons. The first-order valence-corrected chi connectivity index (χ1v) is 7.86. The average Bonchev–Trinajstić information content (AvgIpc) is 3.18. The number of nitrogens with one attached hydrogen (secondary N) is 1. The molecule has 0 atom stereocenters. The van der Waals surface area contributed by atoms with Crippen molar-refractivity contribution in [1.82, 2.24) is 5.32 Å². The van der Waals surface area contributed by atoms with E-state index in [0.717, 1.165) is 32.2 Å². The van der Waals surface area contributed by atoms with Crippen LogP contribution < -0.4 is 5.32 Å². The largest absolute Gasteiger partial charge is 0.356 e. The lowest BCUT2D eigenvalue weighted by Crippen LogP contribution is -2.26. The summed E-state index contributed by atoms with van der Waals surface area (Å²) in [4.78, 5) is 11.5. The van der Waals surface area contributed by atoms with Crippen LogP contribution in [0.5, 0.6) is 0 Å². The van der Waals surface area contributed by atoms with Crippen LogP contribution in [0.3, 0.4) is 0 Å². The van der Waals surface area contributed by atoms with Crippen molar-refractivity contribution >= 4 is 27.3 Å². The molecule has 3 rings (SSSR count). The SMILES string of the molecule is Cc1ccc2scc(CCCNC(=O)C3CC3)c2c1. The molecule has 2 nitrogen and oxygen atoms in total. The average molecular weight is 273 g/mol. The van der Waals surface area contributed by atoms with Gasteiger partial charge in [0.05, 0.1) is 0 Å². The van der Waals surface area contributed by atoms with Crippen molar-refractivity contribution in [3.05, 3.63) is 34.7 Å². The predicted octanol–water partition coefficient (Wildman–Crippen LogP) is 3.67. The molecule has 0 aliphatic heterocycles. The second-order valence-corrected chi connectivity index (χ2v) is 6.34. The fourth-order valence-electron chi connectivity index (χ4n) is 2.37. The third-order valence-electron chi connectivity index (χ3n) is 3.68. The van der Waals surface area contributed by atoms with E-state index in [1.54, 1.807) is 0 Å². The monoisotopic (exact) mass is 273 g/mol. The summed E-state index contributed by atoms with van der Waals surface area (Å²) in [7, 11) is 0. The van der Waals surface area contributed by atoms with Crippen molar-refractivity contribution in [1.29, 1.82) is 0 Å². The first-order valence-electron chi connectivity index (χ1n) is 6.98. The first kappa shape index (κ1) is 12.7. The lowest BCUT2D eigenvalue weighted by molar-refractivity contribution is -0.122. The van der Waals surface area contributed by atoms with E-state index in [0.29, 0.717) is 5.92 Å². The summed E-state index contributed by atoms with van der Waals surface area (Å²) in [5.74, 6) is 0.579. The molecule has 1 amide bonds. The van der Waals surface area contributed by atoms with E-state index >= 15 is 0 Å². The Balaban J connectivity index is 1.56. The van der Waals surface area contributed by atoms with Crippen LogP contribution in [0.1, 0.15) is 30.4 Å². The molecule has 0 unspecified atom stereocenters. The van der Waals surface area contributed by atoms with E-state index in [1.165, 1.54) is 21.2 Å². The summed E-state index contributed by atoms with van der Waals surface area (Å²) >= 11 is 1.81.